The molecule has 0 aliphatic carbocycles. The fraction of sp³-hybridized carbons (Fsp3) is 0. The van der Waals surface area contributed by atoms with Crippen molar-refractivity contribution < 1.29 is 8.42 Å². The van der Waals surface area contributed by atoms with Gasteiger partial charge in [0.05, 0.1) is 4.90 Å². The molecule has 0 fully saturated rings. The maximum Gasteiger partial charge on any atom is 0.179 e. The van der Waals surface area contributed by atoms with Crippen LogP contribution >= 0.6 is 15.9 Å². The highest BCUT2D eigenvalue weighted by atomic mass is 79.9. The van der Waals surface area contributed by atoms with Crippen molar-refractivity contribution in [3.8, 4) is 0 Å². The summed E-state index contributed by atoms with van der Waals surface area (Å²) in [5.74, 6) is 0. The Morgan fingerprint density at radius 1 is 1.30 bits per heavy atom. The minimum atomic E-state index is -3.79. The Morgan fingerprint density at radius 3 is 2.20 bits per heavy atom. The van der Waals surface area contributed by atoms with Gasteiger partial charge in [-0.05, 0) is 24.3 Å². The predicted octanol–water partition coefficient (Wildman–Crippen LogP) is 1.42. The smallest absolute Gasteiger partial charge is 0.179 e. The number of hydrogen-bond donors (Lipinski definition) is 1. The number of rotatable bonds is 1. The molecule has 0 amide bonds. The fourth-order valence-electron chi connectivity index (χ4n) is 0.546. The van der Waals surface area contributed by atoms with Crippen LogP contribution in [0.1, 0.15) is 0 Å². The molecule has 54 valence electrons. The predicted molar refractivity (Wildman–Crippen MR) is 42.7 cm³/mol. The van der Waals surface area contributed by atoms with Gasteiger partial charge in [0.15, 0.2) is 11.7 Å². The Balaban J connectivity index is 3.20. The van der Waals surface area contributed by atoms with Crippen LogP contribution in [-0.4, -0.2) is 9.54 Å². The first-order valence-electron chi connectivity index (χ1n) is 2.96. The summed E-state index contributed by atoms with van der Waals surface area (Å²) >= 11 is 3.16. The van der Waals surface area contributed by atoms with Gasteiger partial charge in [-0.2, -0.15) is 0 Å². The number of halogens is 1. The molecule has 0 atom stereocenters. The summed E-state index contributed by atoms with van der Waals surface area (Å²) in [5, 5.41) is 0. The van der Waals surface area contributed by atoms with E-state index in [1.807, 2.05) is 0 Å². The van der Waals surface area contributed by atoms with E-state index in [2.05, 4.69) is 15.9 Å². The van der Waals surface area contributed by atoms with Crippen molar-refractivity contribution in [3.63, 3.8) is 0 Å². The van der Waals surface area contributed by atoms with Gasteiger partial charge >= 0.3 is 0 Å². The molecule has 0 N–H and O–H groups in total. The first kappa shape index (κ1) is 6.37. The van der Waals surface area contributed by atoms with E-state index in [0.29, 0.717) is 0 Å². The molecule has 0 heterocycles. The monoisotopic (exact) mass is 221 g/mol. The summed E-state index contributed by atoms with van der Waals surface area (Å²) < 4.78 is 28.7. The summed E-state index contributed by atoms with van der Waals surface area (Å²) in [6.07, 6.45) is 0. The molecular weight excluding hydrogens is 216 g/mol. The molecule has 1 aromatic rings. The second-order valence-corrected chi connectivity index (χ2v) is 3.55. The van der Waals surface area contributed by atoms with Gasteiger partial charge in [-0.15, -0.1) is 0 Å². The van der Waals surface area contributed by atoms with E-state index >= 15 is 0 Å². The minimum absolute atomic E-state index is 0.0145. The van der Waals surface area contributed by atoms with Gasteiger partial charge in [-0.25, -0.2) is 8.42 Å². The van der Waals surface area contributed by atoms with Gasteiger partial charge in [-0.1, -0.05) is 15.9 Å². The zero-order chi connectivity index (χ0) is 8.48. The van der Waals surface area contributed by atoms with Gasteiger partial charge in [0, 0.05) is 4.47 Å². The van der Waals surface area contributed by atoms with Gasteiger partial charge in [-0.3, -0.25) is 0 Å². The summed E-state index contributed by atoms with van der Waals surface area (Å²) in [4.78, 5) is 0.0145. The highest BCUT2D eigenvalue weighted by molar-refractivity contribution is 9.10. The lowest BCUT2D eigenvalue weighted by atomic mass is 10.4. The molecule has 0 aliphatic rings. The van der Waals surface area contributed by atoms with Gasteiger partial charge in [0.2, 0.25) is 0 Å². The van der Waals surface area contributed by atoms with Crippen molar-refractivity contribution in [2.75, 3.05) is 0 Å². The fourth-order valence-corrected chi connectivity index (χ4v) is 1.17. The van der Waals surface area contributed by atoms with Crippen LogP contribution in [-0.2, 0) is 10.6 Å². The molecule has 0 radical (unpaired) electrons. The normalized spacial score (nSPS) is 12.7. The Bertz CT molecular complexity index is 343. The van der Waals surface area contributed by atoms with Crippen molar-refractivity contribution in [1.82, 2.24) is 0 Å². The molecule has 1 rings (SSSR count). The van der Waals surface area contributed by atoms with E-state index in [1.165, 1.54) is 12.1 Å². The molecule has 0 spiro atoms. The maximum absolute atomic E-state index is 10.6. The molecular formula is C6H5BrO2S. The summed E-state index contributed by atoms with van der Waals surface area (Å²) in [6.45, 7) is 0. The highest BCUT2D eigenvalue weighted by Crippen LogP contribution is 2.10. The highest BCUT2D eigenvalue weighted by Gasteiger charge is 1.91. The van der Waals surface area contributed by atoms with Crippen molar-refractivity contribution in [2.24, 2.45) is 0 Å². The molecule has 10 heavy (non-hydrogen) atoms. The third kappa shape index (κ3) is 1.82. The second kappa shape index (κ2) is 3.16. The maximum atomic E-state index is 10.6. The van der Waals surface area contributed by atoms with Gasteiger partial charge in [0.25, 0.3) is 0 Å². The standard InChI is InChI=1S/C6H5BrO2S/c7-5-1-3-6(4-2-5)10(8)9/h1-4,10H/i10D. The zero-order valence-electron chi connectivity index (χ0n) is 5.91. The molecule has 0 aromatic heterocycles. The van der Waals surface area contributed by atoms with Crippen molar-refractivity contribution in [3.05, 3.63) is 28.7 Å². The van der Waals surface area contributed by atoms with E-state index < -0.39 is 10.6 Å². The molecule has 0 unspecified atom stereocenters. The number of hydrogen-bond acceptors (Lipinski definition) is 2. The van der Waals surface area contributed by atoms with E-state index in [-0.39, 0.29) is 4.90 Å². The van der Waals surface area contributed by atoms with Gasteiger partial charge in [0.1, 0.15) is 0 Å². The molecule has 2 nitrogen and oxygen atoms in total. The third-order valence-electron chi connectivity index (χ3n) is 1.01. The summed E-state index contributed by atoms with van der Waals surface area (Å²) in [5.41, 5.74) is 0. The molecule has 0 aliphatic heterocycles. The van der Waals surface area contributed by atoms with Crippen molar-refractivity contribution in [2.45, 2.75) is 4.90 Å². The topological polar surface area (TPSA) is 34.1 Å². The molecule has 0 saturated heterocycles. The van der Waals surface area contributed by atoms with Crippen LogP contribution in [0, 0.1) is 0 Å². The molecule has 0 saturated carbocycles. The second-order valence-electron chi connectivity index (χ2n) is 1.69. The van der Waals surface area contributed by atoms with Crippen LogP contribution in [0.2, 0.25) is 0 Å². The van der Waals surface area contributed by atoms with Crippen LogP contribution < -0.4 is 0 Å². The SMILES string of the molecule is [2H]S(=O)(=O)c1ccc(Br)cc1. The van der Waals surface area contributed by atoms with Crippen LogP contribution in [0.4, 0.5) is 0 Å². The van der Waals surface area contributed by atoms with E-state index in [4.69, 9.17) is 1.12 Å². The first-order chi connectivity index (χ1) is 5.00. The third-order valence-corrected chi connectivity index (χ3v) is 2.19. The van der Waals surface area contributed by atoms with E-state index in [1.54, 1.807) is 12.1 Å². The molecule has 1 aromatic carbocycles. The average Bonchev–Trinajstić information content (AvgIpc) is 1.86. The Morgan fingerprint density at radius 2 is 1.80 bits per heavy atom. The Kier molecular flexibility index (Phi) is 2.01. The van der Waals surface area contributed by atoms with Crippen LogP contribution in [0.25, 0.3) is 0 Å². The molecule has 0 bridgehead atoms. The number of benzene rings is 1. The summed E-state index contributed by atoms with van der Waals surface area (Å²) in [6, 6.07) is 5.93. The van der Waals surface area contributed by atoms with Crippen molar-refractivity contribution >= 4 is 26.5 Å². The molecule has 4 heteroatoms. The zero-order valence-corrected chi connectivity index (χ0v) is 7.31. The lowest BCUT2D eigenvalue weighted by Gasteiger charge is -1.88. The Hall–Kier alpha value is -0.350. The average molecular weight is 222 g/mol. The minimum Gasteiger partial charge on any atom is -0.227 e. The van der Waals surface area contributed by atoms with E-state index in [9.17, 15) is 8.42 Å². The quantitative estimate of drug-likeness (QED) is 0.729. The van der Waals surface area contributed by atoms with Crippen LogP contribution in [0.15, 0.2) is 33.6 Å². The lowest BCUT2D eigenvalue weighted by molar-refractivity contribution is 0.614. The first-order valence-corrected chi connectivity index (χ1v) is 4.42. The summed E-state index contributed by atoms with van der Waals surface area (Å²) in [7, 11) is -3.79. The largest absolute Gasteiger partial charge is 0.227 e. The lowest BCUT2D eigenvalue weighted by Crippen LogP contribution is -1.77. The van der Waals surface area contributed by atoms with Gasteiger partial charge < -0.3 is 0 Å². The van der Waals surface area contributed by atoms with Crippen LogP contribution in [0.5, 0.6) is 0 Å². The van der Waals surface area contributed by atoms with E-state index in [0.717, 1.165) is 4.47 Å². The van der Waals surface area contributed by atoms with Crippen molar-refractivity contribution in [1.29, 1.82) is 1.12 Å². The Labute approximate surface area is 70.0 Å². The van der Waals surface area contributed by atoms with Crippen LogP contribution in [0.3, 0.4) is 0 Å². The number of thiol groups is 1.